The van der Waals surface area contributed by atoms with Crippen LogP contribution in [-0.2, 0) is 9.59 Å². The Bertz CT molecular complexity index is 247. The highest BCUT2D eigenvalue weighted by molar-refractivity contribution is 5.83. The van der Waals surface area contributed by atoms with Gasteiger partial charge in [0.2, 0.25) is 0 Å². The first-order valence-corrected chi connectivity index (χ1v) is 6.58. The van der Waals surface area contributed by atoms with Gasteiger partial charge in [-0.1, -0.05) is 27.2 Å². The van der Waals surface area contributed by atoms with Crippen molar-refractivity contribution in [3.63, 3.8) is 0 Å². The predicted octanol–water partition coefficient (Wildman–Crippen LogP) is 3.24. The molecular weight excluding hydrogens is 200 g/mol. The smallest absolute Gasteiger partial charge is 0.136 e. The molecule has 4 atom stereocenters. The van der Waals surface area contributed by atoms with Crippen LogP contribution in [0.5, 0.6) is 0 Å². The van der Waals surface area contributed by atoms with Crippen molar-refractivity contribution < 1.29 is 9.59 Å². The van der Waals surface area contributed by atoms with Crippen LogP contribution < -0.4 is 0 Å². The largest absolute Gasteiger partial charge is 0.303 e. The molecule has 0 aromatic carbocycles. The summed E-state index contributed by atoms with van der Waals surface area (Å²) in [5, 5.41) is 0. The maximum Gasteiger partial charge on any atom is 0.136 e. The van der Waals surface area contributed by atoms with Crippen molar-refractivity contribution in [2.24, 2.45) is 23.7 Å². The van der Waals surface area contributed by atoms with Crippen molar-refractivity contribution >= 4 is 12.1 Å². The molecule has 0 spiro atoms. The Morgan fingerprint density at radius 3 is 2.62 bits per heavy atom. The Kier molecular flexibility index (Phi) is 5.17. The summed E-state index contributed by atoms with van der Waals surface area (Å²) in [6, 6.07) is 0. The van der Waals surface area contributed by atoms with Gasteiger partial charge < -0.3 is 4.79 Å². The van der Waals surface area contributed by atoms with E-state index in [0.29, 0.717) is 30.0 Å². The highest BCUT2D eigenvalue weighted by Crippen LogP contribution is 2.40. The van der Waals surface area contributed by atoms with Gasteiger partial charge in [-0.2, -0.15) is 0 Å². The lowest BCUT2D eigenvalue weighted by molar-refractivity contribution is -0.124. The van der Waals surface area contributed by atoms with Crippen molar-refractivity contribution in [2.45, 2.75) is 52.9 Å². The third-order valence-corrected chi connectivity index (χ3v) is 4.11. The van der Waals surface area contributed by atoms with Crippen LogP contribution in [0.3, 0.4) is 0 Å². The number of aldehydes is 1. The summed E-state index contributed by atoms with van der Waals surface area (Å²) in [4.78, 5) is 22.5. The molecule has 0 bridgehead atoms. The number of carbonyl (C=O) groups excluding carboxylic acids is 2. The Balaban J connectivity index is 2.74. The van der Waals surface area contributed by atoms with Gasteiger partial charge in [-0.3, -0.25) is 4.79 Å². The number of rotatable bonds is 6. The number of ketones is 1. The Labute approximate surface area is 98.8 Å². The minimum atomic E-state index is 0.217. The average molecular weight is 224 g/mol. The van der Waals surface area contributed by atoms with E-state index in [0.717, 1.165) is 32.0 Å². The van der Waals surface area contributed by atoms with Crippen LogP contribution in [0, 0.1) is 23.7 Å². The number of carbonyl (C=O) groups is 2. The highest BCUT2D eigenvalue weighted by atomic mass is 16.1. The molecule has 0 aromatic rings. The first kappa shape index (κ1) is 13.4. The van der Waals surface area contributed by atoms with Crippen LogP contribution in [0.25, 0.3) is 0 Å². The molecule has 2 nitrogen and oxygen atoms in total. The molecule has 0 N–H and O–H groups in total. The Hall–Kier alpha value is -0.660. The van der Waals surface area contributed by atoms with Crippen molar-refractivity contribution in [3.8, 4) is 0 Å². The molecule has 0 amide bonds. The molecule has 1 saturated carbocycles. The molecular formula is C14H24O2. The van der Waals surface area contributed by atoms with Crippen molar-refractivity contribution in [1.29, 1.82) is 0 Å². The van der Waals surface area contributed by atoms with Gasteiger partial charge in [0.25, 0.3) is 0 Å². The van der Waals surface area contributed by atoms with Gasteiger partial charge >= 0.3 is 0 Å². The SMILES string of the molecule is CCCC(C(C)CC=O)C1C(=O)CCC1C. The van der Waals surface area contributed by atoms with Crippen LogP contribution in [0.4, 0.5) is 0 Å². The summed E-state index contributed by atoms with van der Waals surface area (Å²) in [5.41, 5.74) is 0. The minimum Gasteiger partial charge on any atom is -0.303 e. The second-order valence-corrected chi connectivity index (χ2v) is 5.34. The molecule has 2 heteroatoms. The third-order valence-electron chi connectivity index (χ3n) is 4.11. The molecule has 0 aliphatic heterocycles. The van der Waals surface area contributed by atoms with Crippen LogP contribution >= 0.6 is 0 Å². The van der Waals surface area contributed by atoms with Gasteiger partial charge in [-0.15, -0.1) is 0 Å². The Morgan fingerprint density at radius 1 is 1.50 bits per heavy atom. The minimum absolute atomic E-state index is 0.217. The van der Waals surface area contributed by atoms with Gasteiger partial charge in [0.05, 0.1) is 0 Å². The number of hydrogen-bond donors (Lipinski definition) is 0. The second-order valence-electron chi connectivity index (χ2n) is 5.34. The van der Waals surface area contributed by atoms with E-state index >= 15 is 0 Å². The van der Waals surface area contributed by atoms with Crippen LogP contribution in [-0.4, -0.2) is 12.1 Å². The molecule has 0 aromatic heterocycles. The van der Waals surface area contributed by atoms with Crippen LogP contribution in [0.15, 0.2) is 0 Å². The molecule has 1 aliphatic carbocycles. The summed E-state index contributed by atoms with van der Waals surface area (Å²) < 4.78 is 0. The van der Waals surface area contributed by atoms with Crippen molar-refractivity contribution in [3.05, 3.63) is 0 Å². The van der Waals surface area contributed by atoms with E-state index in [4.69, 9.17) is 0 Å². The van der Waals surface area contributed by atoms with E-state index < -0.39 is 0 Å². The van der Waals surface area contributed by atoms with E-state index in [1.165, 1.54) is 0 Å². The maximum atomic E-state index is 11.9. The lowest BCUT2D eigenvalue weighted by Crippen LogP contribution is -2.28. The average Bonchev–Trinajstić information content (AvgIpc) is 2.56. The standard InChI is InChI=1S/C14H24O2/c1-4-5-12(10(2)8-9-15)14-11(3)6-7-13(14)16/h9-12,14H,4-8H2,1-3H3. The van der Waals surface area contributed by atoms with Gasteiger partial charge in [0.1, 0.15) is 12.1 Å². The zero-order valence-electron chi connectivity index (χ0n) is 10.7. The van der Waals surface area contributed by atoms with Crippen molar-refractivity contribution in [1.82, 2.24) is 0 Å². The highest BCUT2D eigenvalue weighted by Gasteiger charge is 2.38. The molecule has 0 heterocycles. The fraction of sp³-hybridized carbons (Fsp3) is 0.857. The third kappa shape index (κ3) is 2.93. The zero-order valence-corrected chi connectivity index (χ0v) is 10.7. The molecule has 1 fully saturated rings. The Morgan fingerprint density at radius 2 is 2.19 bits per heavy atom. The molecule has 16 heavy (non-hydrogen) atoms. The fourth-order valence-corrected chi connectivity index (χ4v) is 3.17. The molecule has 0 saturated heterocycles. The van der Waals surface area contributed by atoms with E-state index in [2.05, 4.69) is 20.8 Å². The van der Waals surface area contributed by atoms with E-state index in [9.17, 15) is 9.59 Å². The summed E-state index contributed by atoms with van der Waals surface area (Å²) in [5.74, 6) is 1.93. The molecule has 92 valence electrons. The number of hydrogen-bond acceptors (Lipinski definition) is 2. The van der Waals surface area contributed by atoms with Crippen LogP contribution in [0.1, 0.15) is 52.9 Å². The van der Waals surface area contributed by atoms with Gasteiger partial charge in [0.15, 0.2) is 0 Å². The van der Waals surface area contributed by atoms with E-state index in [-0.39, 0.29) is 5.92 Å². The predicted molar refractivity (Wildman–Crippen MR) is 65.1 cm³/mol. The fourth-order valence-electron chi connectivity index (χ4n) is 3.17. The maximum absolute atomic E-state index is 11.9. The topological polar surface area (TPSA) is 34.1 Å². The van der Waals surface area contributed by atoms with Gasteiger partial charge in [-0.25, -0.2) is 0 Å². The summed E-state index contributed by atoms with van der Waals surface area (Å²) in [7, 11) is 0. The first-order valence-electron chi connectivity index (χ1n) is 6.58. The monoisotopic (exact) mass is 224 g/mol. The zero-order chi connectivity index (χ0) is 12.1. The van der Waals surface area contributed by atoms with E-state index in [1.54, 1.807) is 0 Å². The lowest BCUT2D eigenvalue weighted by atomic mass is 9.74. The molecule has 0 radical (unpaired) electrons. The summed E-state index contributed by atoms with van der Waals surface area (Å²) >= 11 is 0. The van der Waals surface area contributed by atoms with Gasteiger partial charge in [-0.05, 0) is 30.6 Å². The van der Waals surface area contributed by atoms with E-state index in [1.807, 2.05) is 0 Å². The number of Topliss-reactive ketones (excluding diaryl/α,β-unsaturated/α-hetero) is 1. The summed E-state index contributed by atoms with van der Waals surface area (Å²) in [6.07, 6.45) is 5.57. The first-order chi connectivity index (χ1) is 7.61. The lowest BCUT2D eigenvalue weighted by Gasteiger charge is -2.30. The second kappa shape index (κ2) is 6.17. The normalized spacial score (nSPS) is 29.1. The quantitative estimate of drug-likeness (QED) is 0.649. The molecule has 4 unspecified atom stereocenters. The van der Waals surface area contributed by atoms with Crippen LogP contribution in [0.2, 0.25) is 0 Å². The summed E-state index contributed by atoms with van der Waals surface area (Å²) in [6.45, 7) is 6.46. The van der Waals surface area contributed by atoms with Gasteiger partial charge in [0, 0.05) is 18.8 Å². The molecule has 1 aliphatic rings. The van der Waals surface area contributed by atoms with Crippen molar-refractivity contribution in [2.75, 3.05) is 0 Å². The molecule has 1 rings (SSSR count).